The number of halogens is 2. The second-order valence-corrected chi connectivity index (χ2v) is 9.04. The Labute approximate surface area is 192 Å². The van der Waals surface area contributed by atoms with Gasteiger partial charge in [0.2, 0.25) is 0 Å². The van der Waals surface area contributed by atoms with E-state index in [0.717, 1.165) is 46.3 Å². The molecule has 0 bridgehead atoms. The van der Waals surface area contributed by atoms with Crippen molar-refractivity contribution in [2.45, 2.75) is 32.3 Å². The Bertz CT molecular complexity index is 1150. The third kappa shape index (κ3) is 4.14. The van der Waals surface area contributed by atoms with Crippen LogP contribution in [-0.4, -0.2) is 41.7 Å². The van der Waals surface area contributed by atoms with Crippen molar-refractivity contribution in [3.63, 3.8) is 0 Å². The number of aromatic nitrogens is 1. The van der Waals surface area contributed by atoms with E-state index in [1.54, 1.807) is 19.2 Å². The van der Waals surface area contributed by atoms with Gasteiger partial charge in [-0.25, -0.2) is 0 Å². The highest BCUT2D eigenvalue weighted by molar-refractivity contribution is 6.38. The summed E-state index contributed by atoms with van der Waals surface area (Å²) >= 11 is 13.3. The fourth-order valence-corrected chi connectivity index (χ4v) is 5.02. The standard InChI is InChI=1S/C24H27Cl2N3O2/c1-14-10-15(27)11-22-19(14)12-16(28(22)2)13-20-21(25)5-4-18(23(20)26)24(30)29-8-6-17(31-3)7-9-29/h4-5,10-12,17H,6-9,13,27H2,1-3H3. The van der Waals surface area contributed by atoms with E-state index in [1.807, 2.05) is 24.1 Å². The summed E-state index contributed by atoms with van der Waals surface area (Å²) in [6, 6.07) is 9.58. The maximum absolute atomic E-state index is 13.2. The lowest BCUT2D eigenvalue weighted by atomic mass is 10.0. The van der Waals surface area contributed by atoms with Crippen LogP contribution in [0.3, 0.4) is 0 Å². The molecule has 31 heavy (non-hydrogen) atoms. The summed E-state index contributed by atoms with van der Waals surface area (Å²) in [5.74, 6) is -0.0573. The van der Waals surface area contributed by atoms with Crippen molar-refractivity contribution in [3.8, 4) is 0 Å². The molecule has 0 spiro atoms. The molecule has 1 fully saturated rings. The molecule has 164 valence electrons. The van der Waals surface area contributed by atoms with Crippen LogP contribution in [0.2, 0.25) is 10.0 Å². The van der Waals surface area contributed by atoms with Crippen LogP contribution < -0.4 is 5.73 Å². The average molecular weight is 460 g/mol. The molecule has 2 aromatic carbocycles. The minimum absolute atomic E-state index is 0.0573. The van der Waals surface area contributed by atoms with E-state index in [9.17, 15) is 4.79 Å². The number of nitrogens with two attached hydrogens (primary N) is 1. The van der Waals surface area contributed by atoms with Crippen LogP contribution in [0.5, 0.6) is 0 Å². The highest BCUT2D eigenvalue weighted by Crippen LogP contribution is 2.33. The number of carbonyl (C=O) groups excluding carboxylic acids is 1. The Hall–Kier alpha value is -2.21. The quantitative estimate of drug-likeness (QED) is 0.544. The molecule has 0 saturated carbocycles. The highest BCUT2D eigenvalue weighted by atomic mass is 35.5. The molecule has 5 nitrogen and oxygen atoms in total. The van der Waals surface area contributed by atoms with Crippen molar-refractivity contribution < 1.29 is 9.53 Å². The van der Waals surface area contributed by atoms with E-state index in [1.165, 1.54) is 0 Å². The van der Waals surface area contributed by atoms with Crippen molar-refractivity contribution in [1.82, 2.24) is 9.47 Å². The monoisotopic (exact) mass is 459 g/mol. The molecule has 1 saturated heterocycles. The second-order valence-electron chi connectivity index (χ2n) is 8.26. The Morgan fingerprint density at radius 3 is 2.58 bits per heavy atom. The topological polar surface area (TPSA) is 60.5 Å². The van der Waals surface area contributed by atoms with Crippen LogP contribution >= 0.6 is 23.2 Å². The van der Waals surface area contributed by atoms with Gasteiger partial charge in [0.25, 0.3) is 5.91 Å². The molecule has 7 heteroatoms. The van der Waals surface area contributed by atoms with E-state index in [0.29, 0.717) is 35.1 Å². The van der Waals surface area contributed by atoms with Gasteiger partial charge >= 0.3 is 0 Å². The SMILES string of the molecule is COC1CCN(C(=O)c2ccc(Cl)c(Cc3cc4c(C)cc(N)cc4n3C)c2Cl)CC1. The number of piperidine rings is 1. The zero-order chi connectivity index (χ0) is 22.3. The number of nitrogen functional groups attached to an aromatic ring is 1. The summed E-state index contributed by atoms with van der Waals surface area (Å²) < 4.78 is 7.52. The number of ether oxygens (including phenoxy) is 1. The zero-order valence-electron chi connectivity index (χ0n) is 18.0. The van der Waals surface area contributed by atoms with Crippen molar-refractivity contribution in [2.24, 2.45) is 7.05 Å². The summed E-state index contributed by atoms with van der Waals surface area (Å²) in [6.45, 7) is 3.37. The Balaban J connectivity index is 1.66. The zero-order valence-corrected chi connectivity index (χ0v) is 19.6. The molecule has 1 aromatic heterocycles. The molecular weight excluding hydrogens is 433 g/mol. The number of amides is 1. The minimum Gasteiger partial charge on any atom is -0.399 e. The third-order valence-corrected chi connectivity index (χ3v) is 7.11. The first-order chi connectivity index (χ1) is 14.8. The van der Waals surface area contributed by atoms with Gasteiger partial charge in [-0.3, -0.25) is 4.79 Å². The number of likely N-dealkylation sites (tertiary alicyclic amines) is 1. The maximum Gasteiger partial charge on any atom is 0.255 e. The smallest absolute Gasteiger partial charge is 0.255 e. The summed E-state index contributed by atoms with van der Waals surface area (Å²) in [5.41, 5.74) is 11.3. The Morgan fingerprint density at radius 1 is 1.19 bits per heavy atom. The van der Waals surface area contributed by atoms with Gasteiger partial charge in [0.1, 0.15) is 0 Å². The van der Waals surface area contributed by atoms with Crippen molar-refractivity contribution in [2.75, 3.05) is 25.9 Å². The van der Waals surface area contributed by atoms with Gasteiger partial charge in [-0.2, -0.15) is 0 Å². The molecule has 0 unspecified atom stereocenters. The number of hydrogen-bond donors (Lipinski definition) is 1. The first-order valence-corrected chi connectivity index (χ1v) is 11.2. The van der Waals surface area contributed by atoms with Gasteiger partial charge in [0.15, 0.2) is 0 Å². The van der Waals surface area contributed by atoms with Crippen molar-refractivity contribution >= 4 is 45.7 Å². The molecular formula is C24H27Cl2N3O2. The van der Waals surface area contributed by atoms with Gasteiger partial charge < -0.3 is 19.9 Å². The van der Waals surface area contributed by atoms with Gasteiger partial charge in [-0.1, -0.05) is 23.2 Å². The summed E-state index contributed by atoms with van der Waals surface area (Å²) in [6.07, 6.45) is 2.40. The molecule has 3 aromatic rings. The average Bonchev–Trinajstić information content (AvgIpc) is 3.06. The van der Waals surface area contributed by atoms with Gasteiger partial charge in [0.05, 0.1) is 22.2 Å². The van der Waals surface area contributed by atoms with Crippen molar-refractivity contribution in [1.29, 1.82) is 0 Å². The molecule has 2 N–H and O–H groups in total. The molecule has 2 heterocycles. The van der Waals surface area contributed by atoms with Gasteiger partial charge in [0, 0.05) is 55.5 Å². The molecule has 1 amide bonds. The predicted octanol–water partition coefficient (Wildman–Crippen LogP) is 5.22. The van der Waals surface area contributed by atoms with Crippen LogP contribution in [-0.2, 0) is 18.2 Å². The van der Waals surface area contributed by atoms with Crippen LogP contribution in [0.15, 0.2) is 30.3 Å². The lowest BCUT2D eigenvalue weighted by Crippen LogP contribution is -2.40. The number of aryl methyl sites for hydroxylation is 2. The minimum atomic E-state index is -0.0573. The first-order valence-electron chi connectivity index (χ1n) is 10.4. The largest absolute Gasteiger partial charge is 0.399 e. The Morgan fingerprint density at radius 2 is 1.90 bits per heavy atom. The summed E-state index contributed by atoms with van der Waals surface area (Å²) in [4.78, 5) is 15.0. The number of carbonyl (C=O) groups is 1. The van der Waals surface area contributed by atoms with Crippen molar-refractivity contribution in [3.05, 3.63) is 62.8 Å². The van der Waals surface area contributed by atoms with Gasteiger partial charge in [-0.15, -0.1) is 0 Å². The molecule has 0 atom stereocenters. The number of fused-ring (bicyclic) bond motifs is 1. The maximum atomic E-state index is 13.2. The number of rotatable bonds is 4. The van der Waals surface area contributed by atoms with E-state index < -0.39 is 0 Å². The fourth-order valence-electron chi connectivity index (χ4n) is 4.43. The number of methoxy groups -OCH3 is 1. The molecule has 0 aliphatic carbocycles. The molecule has 4 rings (SSSR count). The molecule has 1 aliphatic heterocycles. The van der Waals surface area contributed by atoms with E-state index in [-0.39, 0.29) is 12.0 Å². The highest BCUT2D eigenvalue weighted by Gasteiger charge is 2.26. The number of anilines is 1. The van der Waals surface area contributed by atoms with E-state index in [2.05, 4.69) is 17.6 Å². The lowest BCUT2D eigenvalue weighted by molar-refractivity contribution is 0.0351. The summed E-state index contributed by atoms with van der Waals surface area (Å²) in [5, 5.41) is 2.13. The fraction of sp³-hybridized carbons (Fsp3) is 0.375. The first kappa shape index (κ1) is 22.0. The van der Waals surface area contributed by atoms with Gasteiger partial charge in [-0.05, 0) is 61.2 Å². The molecule has 1 aliphatic rings. The number of nitrogens with zero attached hydrogens (tertiary/aromatic N) is 2. The third-order valence-electron chi connectivity index (χ3n) is 6.33. The molecule has 0 radical (unpaired) electrons. The van der Waals surface area contributed by atoms with Crippen LogP contribution in [0.4, 0.5) is 5.69 Å². The summed E-state index contributed by atoms with van der Waals surface area (Å²) in [7, 11) is 3.72. The lowest BCUT2D eigenvalue weighted by Gasteiger charge is -2.31. The van der Waals surface area contributed by atoms with Crippen LogP contribution in [0, 0.1) is 6.92 Å². The second kappa shape index (κ2) is 8.73. The normalized spacial score (nSPS) is 15.1. The van der Waals surface area contributed by atoms with Crippen LogP contribution in [0.25, 0.3) is 10.9 Å². The number of hydrogen-bond acceptors (Lipinski definition) is 3. The van der Waals surface area contributed by atoms with Crippen LogP contribution in [0.1, 0.15) is 40.0 Å². The van der Waals surface area contributed by atoms with E-state index >= 15 is 0 Å². The van der Waals surface area contributed by atoms with E-state index in [4.69, 9.17) is 33.7 Å². The Kier molecular flexibility index (Phi) is 6.20. The predicted molar refractivity (Wildman–Crippen MR) is 127 cm³/mol. The number of benzene rings is 2.